The van der Waals surface area contributed by atoms with Crippen molar-refractivity contribution in [3.63, 3.8) is 0 Å². The number of nitrogens with zero attached hydrogens (tertiary/aromatic N) is 1. The molecule has 1 amide bonds. The van der Waals surface area contributed by atoms with Gasteiger partial charge in [-0.1, -0.05) is 43.3 Å². The summed E-state index contributed by atoms with van der Waals surface area (Å²) >= 11 is 6.46. The molecular formula is C39H49ClN2O5S. The lowest BCUT2D eigenvalue weighted by molar-refractivity contribution is -0.127. The fourth-order valence-electron chi connectivity index (χ4n) is 8.33. The molecule has 1 saturated carbocycles. The normalized spacial score (nSPS) is 34.0. The second-order valence-electron chi connectivity index (χ2n) is 14.7. The van der Waals surface area contributed by atoms with Gasteiger partial charge in [-0.05, 0) is 123 Å². The van der Waals surface area contributed by atoms with Gasteiger partial charge in [-0.3, -0.25) is 14.3 Å². The van der Waals surface area contributed by atoms with Gasteiger partial charge in [0.2, 0.25) is 0 Å². The number of ether oxygens (including phenoxy) is 2. The number of benzene rings is 2. The van der Waals surface area contributed by atoms with E-state index in [4.69, 9.17) is 21.1 Å². The fourth-order valence-corrected chi connectivity index (χ4v) is 10.0. The van der Waals surface area contributed by atoms with Crippen molar-refractivity contribution in [3.8, 4) is 5.75 Å². The zero-order chi connectivity index (χ0) is 34.4. The van der Waals surface area contributed by atoms with Gasteiger partial charge in [0.15, 0.2) is 5.78 Å². The van der Waals surface area contributed by atoms with E-state index in [1.165, 1.54) is 11.1 Å². The molecule has 4 aliphatic rings. The van der Waals surface area contributed by atoms with Gasteiger partial charge in [0, 0.05) is 47.9 Å². The number of halogens is 1. The van der Waals surface area contributed by atoms with E-state index in [1.807, 2.05) is 32.0 Å². The molecule has 1 spiro atoms. The molecule has 0 radical (unpaired) electrons. The van der Waals surface area contributed by atoms with E-state index in [2.05, 4.69) is 46.4 Å². The highest BCUT2D eigenvalue weighted by Gasteiger charge is 2.50. The Balaban J connectivity index is 1.47. The summed E-state index contributed by atoms with van der Waals surface area (Å²) in [5, 5.41) is 0.338. The predicted molar refractivity (Wildman–Crippen MR) is 196 cm³/mol. The number of methoxy groups -OCH3 is 1. The Morgan fingerprint density at radius 2 is 2.00 bits per heavy atom. The van der Waals surface area contributed by atoms with Crippen molar-refractivity contribution in [1.82, 2.24) is 4.72 Å². The van der Waals surface area contributed by atoms with E-state index >= 15 is 0 Å². The highest BCUT2D eigenvalue weighted by molar-refractivity contribution is 7.99. The smallest absolute Gasteiger partial charge is 0.262 e. The number of nitrogens with one attached hydrogen (secondary N) is 1. The highest BCUT2D eigenvalue weighted by atomic mass is 35.5. The monoisotopic (exact) mass is 692 g/mol. The third kappa shape index (κ3) is 6.48. The minimum Gasteiger partial charge on any atom is -0.490 e. The topological polar surface area (TPSA) is 84.9 Å². The quantitative estimate of drug-likeness (QED) is 0.209. The molecule has 9 heteroatoms. The summed E-state index contributed by atoms with van der Waals surface area (Å²) in [5.74, 6) is 4.56. The van der Waals surface area contributed by atoms with E-state index in [0.717, 1.165) is 42.8 Å². The van der Waals surface area contributed by atoms with Crippen LogP contribution in [0.5, 0.6) is 5.75 Å². The van der Waals surface area contributed by atoms with Gasteiger partial charge in [0.25, 0.3) is 5.91 Å². The van der Waals surface area contributed by atoms with Crippen LogP contribution in [0.15, 0.2) is 60.7 Å². The average molecular weight is 693 g/mol. The Kier molecular flexibility index (Phi) is 9.66. The minimum atomic E-state index is -3.00. The van der Waals surface area contributed by atoms with Crippen LogP contribution in [0.3, 0.4) is 0 Å². The van der Waals surface area contributed by atoms with Gasteiger partial charge in [0.05, 0.1) is 27.6 Å². The maximum absolute atomic E-state index is 13.9. The van der Waals surface area contributed by atoms with Crippen molar-refractivity contribution in [3.05, 3.63) is 82.4 Å². The van der Waals surface area contributed by atoms with Crippen molar-refractivity contribution in [2.24, 2.45) is 17.8 Å². The number of ketones is 1. The Bertz CT molecular complexity index is 1750. The molecule has 0 saturated heterocycles. The Hall–Kier alpha value is -3.07. The van der Waals surface area contributed by atoms with Gasteiger partial charge >= 0.3 is 0 Å². The number of Topliss-reactive ketones (excluding diaryl/α,β-unsaturated/α-hetero) is 1. The molecule has 1 fully saturated rings. The molecule has 2 bridgehead atoms. The van der Waals surface area contributed by atoms with E-state index in [-0.39, 0.29) is 35.4 Å². The first-order valence-electron chi connectivity index (χ1n) is 17.2. The van der Waals surface area contributed by atoms with Crippen LogP contribution in [0.1, 0.15) is 80.8 Å². The first-order chi connectivity index (χ1) is 22.8. The van der Waals surface area contributed by atoms with Crippen molar-refractivity contribution in [2.45, 2.75) is 82.0 Å². The number of carbonyl (C=O) groups is 2. The van der Waals surface area contributed by atoms with E-state index in [9.17, 15) is 13.8 Å². The number of fused-ring (bicyclic) bond motifs is 4. The standard InChI is InChI=1S/C39H49ClN2O5S/c1-25(2)35(43)21-39(46-5)18-7-9-26(3)27(4)48(6,45)41-37(44)29-12-16-36-34(20-29)42(22-30-11-14-33(30)39)23-38(24-47-36)17-8-10-28-19-31(40)13-15-32(28)38/h7,12-13,15-16,18-20,26-27,30,33H,1,6,8-11,14,17,21-24H2,2-5H3,(H,41,44,45)/b18-7+/t26-,27+,30-,33+,38-,39+,48?/m0/s1. The molecule has 7 atom stereocenters. The lowest BCUT2D eigenvalue weighted by Gasteiger charge is -2.50. The van der Waals surface area contributed by atoms with E-state index in [0.29, 0.717) is 43.0 Å². The molecule has 2 aromatic rings. The number of anilines is 1. The molecule has 2 aliphatic carbocycles. The van der Waals surface area contributed by atoms with Gasteiger partial charge in [-0.25, -0.2) is 4.21 Å². The molecule has 7 nitrogen and oxygen atoms in total. The number of carbonyl (C=O) groups excluding carboxylic acids is 2. The van der Waals surface area contributed by atoms with Crippen LogP contribution in [0.4, 0.5) is 5.69 Å². The van der Waals surface area contributed by atoms with Crippen LogP contribution >= 0.6 is 11.6 Å². The average Bonchev–Trinajstić information content (AvgIpc) is 3.18. The second-order valence-corrected chi connectivity index (χ2v) is 17.6. The SMILES string of the molecule is C=C(C)C(=O)C[C@]1(OC)/C=C/C[C@H](C)[C@@H](C)S(=C)(=O)NC(=O)c2ccc3c(c2)N(C[C@@H]2CC[C@H]21)C[C@@]1(CCCc2cc(Cl)ccc21)CO3. The summed E-state index contributed by atoms with van der Waals surface area (Å²) in [6.07, 6.45) is 9.83. The maximum Gasteiger partial charge on any atom is 0.262 e. The number of aryl methyl sites for hydroxylation is 1. The molecular weight excluding hydrogens is 644 g/mol. The lowest BCUT2D eigenvalue weighted by atomic mass is 9.62. The van der Waals surface area contributed by atoms with Gasteiger partial charge in [0.1, 0.15) is 5.75 Å². The molecule has 48 heavy (non-hydrogen) atoms. The number of hydrogen-bond donors (Lipinski definition) is 1. The first-order valence-corrected chi connectivity index (χ1v) is 19.3. The third-order valence-corrected chi connectivity index (χ3v) is 14.1. The zero-order valence-electron chi connectivity index (χ0n) is 28.7. The highest BCUT2D eigenvalue weighted by Crippen LogP contribution is 2.50. The minimum absolute atomic E-state index is 0.0129. The summed E-state index contributed by atoms with van der Waals surface area (Å²) in [5.41, 5.74) is 3.21. The lowest BCUT2D eigenvalue weighted by Crippen LogP contribution is -2.53. The number of rotatable bonds is 4. The third-order valence-electron chi connectivity index (χ3n) is 11.7. The number of hydrogen-bond acceptors (Lipinski definition) is 6. The summed E-state index contributed by atoms with van der Waals surface area (Å²) in [6.45, 7) is 11.5. The molecule has 6 rings (SSSR count). The second kappa shape index (κ2) is 13.3. The van der Waals surface area contributed by atoms with Crippen molar-refractivity contribution in [1.29, 1.82) is 0 Å². The molecule has 0 aromatic heterocycles. The van der Waals surface area contributed by atoms with Crippen LogP contribution in [-0.2, 0) is 31.1 Å². The molecule has 1 N–H and O–H groups in total. The maximum atomic E-state index is 13.9. The van der Waals surface area contributed by atoms with Gasteiger partial charge in [-0.15, -0.1) is 0 Å². The molecule has 2 aliphatic heterocycles. The largest absolute Gasteiger partial charge is 0.490 e. The molecule has 2 heterocycles. The Morgan fingerprint density at radius 3 is 2.71 bits per heavy atom. The zero-order valence-corrected chi connectivity index (χ0v) is 30.3. The summed E-state index contributed by atoms with van der Waals surface area (Å²) in [6, 6.07) is 11.7. The van der Waals surface area contributed by atoms with Crippen LogP contribution < -0.4 is 14.4 Å². The predicted octanol–water partition coefficient (Wildman–Crippen LogP) is 7.11. The molecule has 2 aromatic carbocycles. The molecule has 1 unspecified atom stereocenters. The Morgan fingerprint density at radius 1 is 1.21 bits per heavy atom. The van der Waals surface area contributed by atoms with Gasteiger partial charge in [-0.2, -0.15) is 0 Å². The van der Waals surface area contributed by atoms with Crippen molar-refractivity contribution in [2.75, 3.05) is 31.7 Å². The fraction of sp³-hybridized carbons (Fsp3) is 0.513. The van der Waals surface area contributed by atoms with Crippen LogP contribution in [0.25, 0.3) is 0 Å². The van der Waals surface area contributed by atoms with Crippen LogP contribution in [0.2, 0.25) is 5.02 Å². The van der Waals surface area contributed by atoms with E-state index in [1.54, 1.807) is 20.1 Å². The summed E-state index contributed by atoms with van der Waals surface area (Å²) in [4.78, 5) is 29.4. The van der Waals surface area contributed by atoms with Crippen LogP contribution in [0, 0.1) is 17.8 Å². The number of amides is 1. The number of allylic oxidation sites excluding steroid dienone is 2. The first kappa shape index (κ1) is 34.8. The van der Waals surface area contributed by atoms with Gasteiger partial charge < -0.3 is 14.4 Å². The molecule has 258 valence electrons. The van der Waals surface area contributed by atoms with Crippen molar-refractivity contribution < 1.29 is 23.3 Å². The van der Waals surface area contributed by atoms with Crippen LogP contribution in [-0.4, -0.2) is 59.4 Å². The summed E-state index contributed by atoms with van der Waals surface area (Å²) < 4.78 is 29.7. The van der Waals surface area contributed by atoms with E-state index < -0.39 is 26.5 Å². The summed E-state index contributed by atoms with van der Waals surface area (Å²) in [7, 11) is -1.29. The Labute approximate surface area is 291 Å². The van der Waals surface area contributed by atoms with Crippen molar-refractivity contribution >= 4 is 44.6 Å².